The Morgan fingerprint density at radius 2 is 2.27 bits per heavy atom. The summed E-state index contributed by atoms with van der Waals surface area (Å²) in [6.07, 6.45) is 4.29. The van der Waals surface area contributed by atoms with Crippen LogP contribution >= 0.6 is 0 Å². The number of hydrogen-bond acceptors (Lipinski definition) is 4. The second-order valence-corrected chi connectivity index (χ2v) is 4.12. The molecule has 1 heterocycles. The molecule has 4 nitrogen and oxygen atoms in total. The normalized spacial score (nSPS) is 24.7. The van der Waals surface area contributed by atoms with Gasteiger partial charge < -0.3 is 15.8 Å². The van der Waals surface area contributed by atoms with Crippen LogP contribution in [0.15, 0.2) is 12.3 Å². The van der Waals surface area contributed by atoms with Crippen molar-refractivity contribution in [3.63, 3.8) is 0 Å². The van der Waals surface area contributed by atoms with E-state index in [0.29, 0.717) is 12.1 Å². The largest absolute Gasteiger partial charge is 0.396 e. The molecule has 0 saturated heterocycles. The lowest BCUT2D eigenvalue weighted by atomic mass is 9.89. The molecule has 0 amide bonds. The molecular weight excluding hydrogens is 190 g/mol. The number of anilines is 2. The Morgan fingerprint density at radius 1 is 1.53 bits per heavy atom. The molecule has 15 heavy (non-hydrogen) atoms. The average Bonchev–Trinajstić information content (AvgIpc) is 2.13. The molecule has 3 N–H and O–H groups in total. The second kappa shape index (κ2) is 4.06. The van der Waals surface area contributed by atoms with Gasteiger partial charge in [0.2, 0.25) is 0 Å². The van der Waals surface area contributed by atoms with Gasteiger partial charge in [-0.1, -0.05) is 0 Å². The van der Waals surface area contributed by atoms with Crippen molar-refractivity contribution < 1.29 is 4.74 Å². The van der Waals surface area contributed by atoms with Crippen molar-refractivity contribution >= 4 is 11.5 Å². The topological polar surface area (TPSA) is 60.2 Å². The van der Waals surface area contributed by atoms with Gasteiger partial charge in [0, 0.05) is 19.3 Å². The molecule has 1 fully saturated rings. The van der Waals surface area contributed by atoms with Crippen LogP contribution < -0.4 is 11.1 Å². The van der Waals surface area contributed by atoms with Gasteiger partial charge in [0.15, 0.2) is 0 Å². The van der Waals surface area contributed by atoms with Gasteiger partial charge in [-0.05, 0) is 31.4 Å². The monoisotopic (exact) mass is 207 g/mol. The number of pyridine rings is 1. The number of hydrogen-bond donors (Lipinski definition) is 2. The Morgan fingerprint density at radius 3 is 2.87 bits per heavy atom. The summed E-state index contributed by atoms with van der Waals surface area (Å²) in [5.74, 6) is 0.792. The van der Waals surface area contributed by atoms with Crippen molar-refractivity contribution in [1.82, 2.24) is 4.98 Å². The predicted octanol–water partition coefficient (Wildman–Crippen LogP) is 1.56. The number of nitrogen functional groups attached to an aromatic ring is 1. The minimum Gasteiger partial charge on any atom is -0.396 e. The van der Waals surface area contributed by atoms with Crippen molar-refractivity contribution in [1.29, 1.82) is 0 Å². The highest BCUT2D eigenvalue weighted by molar-refractivity contribution is 5.62. The lowest BCUT2D eigenvalue weighted by Crippen LogP contribution is -2.40. The lowest BCUT2D eigenvalue weighted by Gasteiger charge is -2.35. The molecule has 2 rings (SSSR count). The molecule has 0 aliphatic heterocycles. The van der Waals surface area contributed by atoms with Gasteiger partial charge in [0.1, 0.15) is 5.82 Å². The van der Waals surface area contributed by atoms with Crippen molar-refractivity contribution in [3.05, 3.63) is 17.8 Å². The van der Waals surface area contributed by atoms with Crippen LogP contribution in [0.5, 0.6) is 0 Å². The van der Waals surface area contributed by atoms with E-state index in [0.717, 1.165) is 29.9 Å². The van der Waals surface area contributed by atoms with Gasteiger partial charge in [-0.25, -0.2) is 4.98 Å². The number of ether oxygens (including phenoxy) is 1. The van der Waals surface area contributed by atoms with Gasteiger partial charge in [-0.15, -0.1) is 0 Å². The van der Waals surface area contributed by atoms with Crippen LogP contribution in [0.1, 0.15) is 18.4 Å². The molecule has 1 saturated carbocycles. The first-order chi connectivity index (χ1) is 7.19. The maximum absolute atomic E-state index is 5.86. The molecule has 0 bridgehead atoms. The highest BCUT2D eigenvalue weighted by Crippen LogP contribution is 2.27. The van der Waals surface area contributed by atoms with E-state index in [2.05, 4.69) is 10.3 Å². The Balaban J connectivity index is 1.94. The van der Waals surface area contributed by atoms with Gasteiger partial charge in [0.25, 0.3) is 0 Å². The summed E-state index contributed by atoms with van der Waals surface area (Å²) >= 11 is 0. The van der Waals surface area contributed by atoms with Crippen LogP contribution in [0.3, 0.4) is 0 Å². The predicted molar refractivity (Wildman–Crippen MR) is 60.8 cm³/mol. The molecule has 0 aromatic carbocycles. The Bertz CT molecular complexity index is 348. The van der Waals surface area contributed by atoms with Crippen LogP contribution in [-0.2, 0) is 4.74 Å². The molecule has 1 aromatic heterocycles. The van der Waals surface area contributed by atoms with E-state index in [1.807, 2.05) is 19.2 Å². The van der Waals surface area contributed by atoms with Crippen molar-refractivity contribution in [2.75, 3.05) is 18.2 Å². The van der Waals surface area contributed by atoms with Crippen LogP contribution in [0, 0.1) is 6.92 Å². The van der Waals surface area contributed by atoms with Crippen LogP contribution in [0.2, 0.25) is 0 Å². The second-order valence-electron chi connectivity index (χ2n) is 4.12. The van der Waals surface area contributed by atoms with E-state index < -0.39 is 0 Å². The summed E-state index contributed by atoms with van der Waals surface area (Å²) in [5.41, 5.74) is 7.66. The van der Waals surface area contributed by atoms with E-state index in [1.165, 1.54) is 0 Å². The smallest absolute Gasteiger partial charge is 0.149 e. The summed E-state index contributed by atoms with van der Waals surface area (Å²) in [7, 11) is 1.75. The molecule has 0 radical (unpaired) electrons. The maximum atomic E-state index is 5.86. The minimum atomic E-state index is 0.397. The van der Waals surface area contributed by atoms with Crippen LogP contribution in [-0.4, -0.2) is 24.2 Å². The summed E-state index contributed by atoms with van der Waals surface area (Å²) in [6.45, 7) is 1.98. The maximum Gasteiger partial charge on any atom is 0.149 e. The first-order valence-electron chi connectivity index (χ1n) is 5.20. The van der Waals surface area contributed by atoms with E-state index >= 15 is 0 Å². The Kier molecular flexibility index (Phi) is 2.77. The van der Waals surface area contributed by atoms with Crippen molar-refractivity contribution in [2.24, 2.45) is 0 Å². The van der Waals surface area contributed by atoms with Crippen LogP contribution in [0.4, 0.5) is 11.5 Å². The van der Waals surface area contributed by atoms with E-state index in [1.54, 1.807) is 7.11 Å². The molecule has 0 atom stereocenters. The zero-order chi connectivity index (χ0) is 10.8. The quantitative estimate of drug-likeness (QED) is 0.789. The number of aryl methyl sites for hydroxylation is 1. The number of methoxy groups -OCH3 is 1. The lowest BCUT2D eigenvalue weighted by molar-refractivity contribution is 0.0328. The fraction of sp³-hybridized carbons (Fsp3) is 0.545. The molecule has 1 aromatic rings. The number of aromatic nitrogens is 1. The van der Waals surface area contributed by atoms with E-state index in [4.69, 9.17) is 10.5 Å². The number of nitrogens with one attached hydrogen (secondary N) is 1. The third-order valence-electron chi connectivity index (χ3n) is 2.82. The standard InChI is InChI=1S/C11H17N3O/c1-7-3-10(12)11(13-6-7)14-8-4-9(5-8)15-2/h3,6,8-9H,4-5,12H2,1-2H3,(H,13,14). The fourth-order valence-corrected chi connectivity index (χ4v) is 1.78. The van der Waals surface area contributed by atoms with Gasteiger partial charge >= 0.3 is 0 Å². The highest BCUT2D eigenvalue weighted by Gasteiger charge is 2.29. The molecule has 1 aliphatic rings. The number of nitrogens with two attached hydrogens (primary N) is 1. The summed E-state index contributed by atoms with van der Waals surface area (Å²) in [4.78, 5) is 4.27. The highest BCUT2D eigenvalue weighted by atomic mass is 16.5. The summed E-state index contributed by atoms with van der Waals surface area (Å²) < 4.78 is 5.21. The Hall–Kier alpha value is -1.29. The summed E-state index contributed by atoms with van der Waals surface area (Å²) in [5, 5.41) is 3.32. The average molecular weight is 207 g/mol. The van der Waals surface area contributed by atoms with E-state index in [9.17, 15) is 0 Å². The third kappa shape index (κ3) is 2.21. The van der Waals surface area contributed by atoms with Gasteiger partial charge in [0.05, 0.1) is 11.8 Å². The van der Waals surface area contributed by atoms with Crippen LogP contribution in [0.25, 0.3) is 0 Å². The SMILES string of the molecule is COC1CC(Nc2ncc(C)cc2N)C1. The molecule has 1 aliphatic carbocycles. The first kappa shape index (κ1) is 10.2. The van der Waals surface area contributed by atoms with Crippen molar-refractivity contribution in [3.8, 4) is 0 Å². The number of nitrogens with zero attached hydrogens (tertiary/aromatic N) is 1. The fourth-order valence-electron chi connectivity index (χ4n) is 1.78. The van der Waals surface area contributed by atoms with E-state index in [-0.39, 0.29) is 0 Å². The van der Waals surface area contributed by atoms with Gasteiger partial charge in [-0.2, -0.15) is 0 Å². The molecule has 0 spiro atoms. The van der Waals surface area contributed by atoms with Crippen molar-refractivity contribution in [2.45, 2.75) is 31.9 Å². The first-order valence-corrected chi connectivity index (χ1v) is 5.20. The summed E-state index contributed by atoms with van der Waals surface area (Å²) in [6, 6.07) is 2.38. The molecule has 0 unspecified atom stereocenters. The zero-order valence-electron chi connectivity index (χ0n) is 9.16. The molecule has 82 valence electrons. The Labute approximate surface area is 89.8 Å². The minimum absolute atomic E-state index is 0.397. The zero-order valence-corrected chi connectivity index (χ0v) is 9.16. The molecular formula is C11H17N3O. The molecule has 4 heteroatoms. The van der Waals surface area contributed by atoms with Gasteiger partial charge in [-0.3, -0.25) is 0 Å². The number of rotatable bonds is 3. The third-order valence-corrected chi connectivity index (χ3v) is 2.82.